The van der Waals surface area contributed by atoms with E-state index in [9.17, 15) is 9.59 Å². The van der Waals surface area contributed by atoms with Crippen LogP contribution < -0.4 is 40.1 Å². The second-order valence-electron chi connectivity index (χ2n) is 8.85. The van der Waals surface area contributed by atoms with Crippen molar-refractivity contribution in [2.45, 2.75) is 25.4 Å². The van der Waals surface area contributed by atoms with E-state index >= 15 is 0 Å². The van der Waals surface area contributed by atoms with Gasteiger partial charge in [-0.25, -0.2) is 4.99 Å². The Labute approximate surface area is 239 Å². The first kappa shape index (κ1) is 30.6. The number of hydrogen-bond donors (Lipinski definition) is 3. The van der Waals surface area contributed by atoms with E-state index in [0.29, 0.717) is 34.3 Å². The molecule has 0 aliphatic rings. The third kappa shape index (κ3) is 8.28. The molecule has 0 unspecified atom stereocenters. The van der Waals surface area contributed by atoms with Gasteiger partial charge < -0.3 is 34.7 Å². The molecule has 0 heterocycles. The maximum absolute atomic E-state index is 13.2. The van der Waals surface area contributed by atoms with Gasteiger partial charge in [0.15, 0.2) is 29.0 Å². The third-order valence-corrected chi connectivity index (χ3v) is 6.19. The molecule has 0 bridgehead atoms. The van der Waals surface area contributed by atoms with E-state index in [4.69, 9.17) is 29.4 Å². The number of ether oxygens (including phenoxy) is 5. The van der Waals surface area contributed by atoms with Gasteiger partial charge in [-0.3, -0.25) is 14.9 Å². The Bertz CT molecular complexity index is 1360. The van der Waals surface area contributed by atoms with Crippen LogP contribution >= 0.6 is 0 Å². The second kappa shape index (κ2) is 15.0. The first-order chi connectivity index (χ1) is 19.8. The molecule has 3 rings (SSSR count). The number of nitrogens with one attached hydrogen (secondary N) is 2. The number of amides is 2. The van der Waals surface area contributed by atoms with Gasteiger partial charge in [0.25, 0.3) is 0 Å². The Morgan fingerprint density at radius 1 is 0.780 bits per heavy atom. The standard InChI is InChI=1S/C30H36N4O7/c1-37-23-13-11-20(16-25(23)39-3)18-32-29(36)22(15-19-9-7-6-8-10-19)33-30(31)34-26(35)17-21-12-14-24(38-2)28(41-5)27(21)40-4/h6-14,16,22H,15,17-18H2,1-5H3,(H,32,36)(H3,31,33,34,35)/t22-/m1/s1. The average Bonchev–Trinajstić information content (AvgIpc) is 2.99. The van der Waals surface area contributed by atoms with Crippen LogP contribution in [-0.2, 0) is 29.0 Å². The molecule has 218 valence electrons. The summed E-state index contributed by atoms with van der Waals surface area (Å²) in [6, 6.07) is 17.3. The van der Waals surface area contributed by atoms with Crippen LogP contribution in [0.1, 0.15) is 16.7 Å². The molecular weight excluding hydrogens is 528 g/mol. The Kier molecular flexibility index (Phi) is 11.2. The van der Waals surface area contributed by atoms with Gasteiger partial charge in [0.1, 0.15) is 6.04 Å². The fourth-order valence-corrected chi connectivity index (χ4v) is 4.19. The molecule has 3 aromatic carbocycles. The summed E-state index contributed by atoms with van der Waals surface area (Å²) in [6.45, 7) is 0.228. The highest BCUT2D eigenvalue weighted by Crippen LogP contribution is 2.39. The zero-order valence-electron chi connectivity index (χ0n) is 23.9. The van der Waals surface area contributed by atoms with Crippen molar-refractivity contribution >= 4 is 17.8 Å². The lowest BCUT2D eigenvalue weighted by atomic mass is 10.1. The lowest BCUT2D eigenvalue weighted by Gasteiger charge is -2.16. The van der Waals surface area contributed by atoms with Crippen molar-refractivity contribution in [1.82, 2.24) is 10.6 Å². The lowest BCUT2D eigenvalue weighted by molar-refractivity contribution is -0.122. The number of carbonyl (C=O) groups excluding carboxylic acids is 2. The van der Waals surface area contributed by atoms with Gasteiger partial charge in [0.2, 0.25) is 17.6 Å². The predicted octanol–water partition coefficient (Wildman–Crippen LogP) is 2.63. The molecule has 0 aliphatic carbocycles. The second-order valence-corrected chi connectivity index (χ2v) is 8.85. The maximum Gasteiger partial charge on any atom is 0.245 e. The van der Waals surface area contributed by atoms with E-state index < -0.39 is 11.9 Å². The number of hydrogen-bond acceptors (Lipinski definition) is 8. The fourth-order valence-electron chi connectivity index (χ4n) is 4.19. The Morgan fingerprint density at radius 2 is 1.44 bits per heavy atom. The molecule has 2 amide bonds. The predicted molar refractivity (Wildman–Crippen MR) is 155 cm³/mol. The summed E-state index contributed by atoms with van der Waals surface area (Å²) in [5, 5.41) is 5.46. The SMILES string of the molecule is COc1ccc(CNC(=O)[C@@H](Cc2ccccc2)N=C(N)NC(=O)Cc2ccc(OC)c(OC)c2OC)cc1OC. The molecule has 11 nitrogen and oxygen atoms in total. The highest BCUT2D eigenvalue weighted by Gasteiger charge is 2.21. The first-order valence-corrected chi connectivity index (χ1v) is 12.8. The summed E-state index contributed by atoms with van der Waals surface area (Å²) in [5.41, 5.74) is 8.36. The Balaban J connectivity index is 1.75. The largest absolute Gasteiger partial charge is 0.493 e. The molecule has 3 aromatic rings. The smallest absolute Gasteiger partial charge is 0.245 e. The van der Waals surface area contributed by atoms with Gasteiger partial charge in [-0.15, -0.1) is 0 Å². The first-order valence-electron chi connectivity index (χ1n) is 12.8. The third-order valence-electron chi connectivity index (χ3n) is 6.19. The van der Waals surface area contributed by atoms with E-state index in [1.54, 1.807) is 38.5 Å². The van der Waals surface area contributed by atoms with Gasteiger partial charge in [0, 0.05) is 18.5 Å². The number of aliphatic imine (C=N–C) groups is 1. The molecular formula is C30H36N4O7. The van der Waals surface area contributed by atoms with Crippen molar-refractivity contribution in [3.8, 4) is 28.7 Å². The molecule has 0 saturated carbocycles. The van der Waals surface area contributed by atoms with E-state index in [1.165, 1.54) is 21.3 Å². The van der Waals surface area contributed by atoms with Crippen LogP contribution in [0.15, 0.2) is 65.7 Å². The number of rotatable bonds is 13. The van der Waals surface area contributed by atoms with Gasteiger partial charge in [-0.2, -0.15) is 0 Å². The van der Waals surface area contributed by atoms with Crippen molar-refractivity contribution in [1.29, 1.82) is 0 Å². The molecule has 0 aromatic heterocycles. The summed E-state index contributed by atoms with van der Waals surface area (Å²) in [6.07, 6.45) is 0.202. The summed E-state index contributed by atoms with van der Waals surface area (Å²) >= 11 is 0. The van der Waals surface area contributed by atoms with Crippen LogP contribution in [0.5, 0.6) is 28.7 Å². The van der Waals surface area contributed by atoms with Crippen molar-refractivity contribution in [2.24, 2.45) is 10.7 Å². The lowest BCUT2D eigenvalue weighted by Crippen LogP contribution is -2.42. The normalized spacial score (nSPS) is 11.7. The van der Waals surface area contributed by atoms with Gasteiger partial charge in [-0.1, -0.05) is 42.5 Å². The molecule has 41 heavy (non-hydrogen) atoms. The van der Waals surface area contributed by atoms with Crippen LogP contribution in [0.4, 0.5) is 0 Å². The molecule has 0 aliphatic heterocycles. The van der Waals surface area contributed by atoms with Gasteiger partial charge >= 0.3 is 0 Å². The molecule has 11 heteroatoms. The summed E-state index contributed by atoms with van der Waals surface area (Å²) in [4.78, 5) is 30.5. The number of methoxy groups -OCH3 is 5. The molecule has 0 saturated heterocycles. The molecule has 0 fully saturated rings. The van der Waals surface area contributed by atoms with E-state index in [0.717, 1.165) is 11.1 Å². The van der Waals surface area contributed by atoms with E-state index in [1.807, 2.05) is 36.4 Å². The maximum atomic E-state index is 13.2. The van der Waals surface area contributed by atoms with E-state index in [-0.39, 0.29) is 31.3 Å². The van der Waals surface area contributed by atoms with Crippen LogP contribution in [-0.4, -0.2) is 59.4 Å². The number of nitrogens with zero attached hydrogens (tertiary/aromatic N) is 1. The van der Waals surface area contributed by atoms with Crippen LogP contribution in [0.3, 0.4) is 0 Å². The highest BCUT2D eigenvalue weighted by atomic mass is 16.5. The number of benzene rings is 3. The van der Waals surface area contributed by atoms with E-state index in [2.05, 4.69) is 15.6 Å². The summed E-state index contributed by atoms with van der Waals surface area (Å²) in [7, 11) is 7.57. The number of guanidine groups is 1. The topological polar surface area (TPSA) is 143 Å². The molecule has 1 atom stereocenters. The minimum absolute atomic E-state index is 0.0748. The van der Waals surface area contributed by atoms with Crippen LogP contribution in [0, 0.1) is 0 Å². The van der Waals surface area contributed by atoms with Crippen molar-refractivity contribution in [2.75, 3.05) is 35.5 Å². The van der Waals surface area contributed by atoms with Crippen LogP contribution in [0.2, 0.25) is 0 Å². The quantitative estimate of drug-likeness (QED) is 0.212. The van der Waals surface area contributed by atoms with Crippen LogP contribution in [0.25, 0.3) is 0 Å². The minimum Gasteiger partial charge on any atom is -0.493 e. The zero-order valence-corrected chi connectivity index (χ0v) is 23.9. The number of nitrogens with two attached hydrogens (primary N) is 1. The van der Waals surface area contributed by atoms with Crippen molar-refractivity contribution in [3.05, 3.63) is 77.4 Å². The molecule has 0 radical (unpaired) electrons. The summed E-state index contributed by atoms with van der Waals surface area (Å²) < 4.78 is 26.8. The molecule has 0 spiro atoms. The highest BCUT2D eigenvalue weighted by molar-refractivity contribution is 5.98. The van der Waals surface area contributed by atoms with Crippen molar-refractivity contribution in [3.63, 3.8) is 0 Å². The average molecular weight is 565 g/mol. The number of carbonyl (C=O) groups is 2. The van der Waals surface area contributed by atoms with Gasteiger partial charge in [0.05, 0.1) is 42.0 Å². The Hall–Kier alpha value is -4.93. The zero-order chi connectivity index (χ0) is 29.8. The Morgan fingerprint density at radius 3 is 2.07 bits per heavy atom. The fraction of sp³-hybridized carbons (Fsp3) is 0.300. The van der Waals surface area contributed by atoms with Gasteiger partial charge in [-0.05, 0) is 29.3 Å². The minimum atomic E-state index is -0.895. The molecule has 4 N–H and O–H groups in total. The van der Waals surface area contributed by atoms with Crippen molar-refractivity contribution < 1.29 is 33.3 Å². The summed E-state index contributed by atoms with van der Waals surface area (Å²) in [5.74, 6) is 1.36. The monoisotopic (exact) mass is 564 g/mol.